The molecule has 52 heavy (non-hydrogen) atoms. The lowest BCUT2D eigenvalue weighted by atomic mass is 10.1. The van der Waals surface area contributed by atoms with E-state index in [0.29, 0.717) is 75.6 Å². The van der Waals surface area contributed by atoms with Gasteiger partial charge in [-0.1, -0.05) is 91.0 Å². The molecule has 10 heteroatoms. The van der Waals surface area contributed by atoms with Gasteiger partial charge in [0.05, 0.1) is 26.4 Å². The largest absolute Gasteiger partial charge is 0.508 e. The number of hydrogen-bond donors (Lipinski definition) is 3. The summed E-state index contributed by atoms with van der Waals surface area (Å²) in [6.07, 6.45) is 3.13. The standard InChI is InChI=1S/C42H43NO9/c44-37-25-35(26-38(45)28-37)12-11-32-13-16-39(17-14-32)49-24-23-48-22-21-47-20-19-43-42(46)52-31-36-15-18-40(50-29-33-7-3-1-4-8-33)41(27-36)51-30-34-9-5-2-6-10-34/h1-18,25-28,44-45H,19-24,29-31H2,(H,43,46)/b12-11+. The second-order valence-corrected chi connectivity index (χ2v) is 11.6. The van der Waals surface area contributed by atoms with Gasteiger partial charge >= 0.3 is 6.09 Å². The number of carbonyl (C=O) groups is 1. The number of phenols is 2. The van der Waals surface area contributed by atoms with E-state index < -0.39 is 6.09 Å². The Morgan fingerprint density at radius 3 is 1.81 bits per heavy atom. The van der Waals surface area contributed by atoms with E-state index in [0.717, 1.165) is 22.3 Å². The topological polar surface area (TPSA) is 125 Å². The van der Waals surface area contributed by atoms with Gasteiger partial charge in [0.25, 0.3) is 0 Å². The van der Waals surface area contributed by atoms with Crippen LogP contribution in [0.3, 0.4) is 0 Å². The Kier molecular flexibility index (Phi) is 14.8. The Balaban J connectivity index is 0.926. The number of phenolic OH excluding ortho intramolecular Hbond substituents is 2. The Labute approximate surface area is 303 Å². The molecular formula is C42H43NO9. The van der Waals surface area contributed by atoms with E-state index in [1.165, 1.54) is 6.07 Å². The molecular weight excluding hydrogens is 662 g/mol. The van der Waals surface area contributed by atoms with Crippen LogP contribution in [-0.2, 0) is 34.0 Å². The molecule has 0 aliphatic rings. The van der Waals surface area contributed by atoms with Crippen LogP contribution in [0.2, 0.25) is 0 Å². The zero-order chi connectivity index (χ0) is 36.2. The molecule has 0 aliphatic carbocycles. The zero-order valence-electron chi connectivity index (χ0n) is 28.8. The van der Waals surface area contributed by atoms with E-state index in [1.807, 2.05) is 109 Å². The molecule has 5 rings (SSSR count). The molecule has 0 aromatic heterocycles. The van der Waals surface area contributed by atoms with Gasteiger partial charge in [0.2, 0.25) is 0 Å². The lowest BCUT2D eigenvalue weighted by Gasteiger charge is -2.15. The second kappa shape index (κ2) is 20.6. The number of aromatic hydroxyl groups is 2. The molecule has 0 saturated carbocycles. The highest BCUT2D eigenvalue weighted by atomic mass is 16.6. The minimum absolute atomic E-state index is 0.00735. The van der Waals surface area contributed by atoms with Crippen molar-refractivity contribution >= 4 is 18.2 Å². The zero-order valence-corrected chi connectivity index (χ0v) is 28.8. The van der Waals surface area contributed by atoms with E-state index in [4.69, 9.17) is 28.4 Å². The summed E-state index contributed by atoms with van der Waals surface area (Å²) < 4.78 is 34.4. The van der Waals surface area contributed by atoms with Crippen molar-refractivity contribution in [3.05, 3.63) is 149 Å². The van der Waals surface area contributed by atoms with Crippen molar-refractivity contribution in [3.63, 3.8) is 0 Å². The summed E-state index contributed by atoms with van der Waals surface area (Å²) >= 11 is 0. The van der Waals surface area contributed by atoms with Gasteiger partial charge in [0.1, 0.15) is 43.7 Å². The molecule has 0 atom stereocenters. The molecule has 5 aromatic carbocycles. The molecule has 270 valence electrons. The van der Waals surface area contributed by atoms with Crippen molar-refractivity contribution < 1.29 is 43.4 Å². The highest BCUT2D eigenvalue weighted by Gasteiger charge is 2.10. The van der Waals surface area contributed by atoms with Crippen LogP contribution in [0.5, 0.6) is 28.7 Å². The third-order valence-corrected chi connectivity index (χ3v) is 7.51. The number of carbonyl (C=O) groups excluding carboxylic acids is 1. The van der Waals surface area contributed by atoms with Crippen molar-refractivity contribution in [3.8, 4) is 28.7 Å². The maximum Gasteiger partial charge on any atom is 0.407 e. The number of rotatable bonds is 20. The predicted molar refractivity (Wildman–Crippen MR) is 198 cm³/mol. The highest BCUT2D eigenvalue weighted by molar-refractivity contribution is 5.71. The first-order valence-corrected chi connectivity index (χ1v) is 17.0. The Hall–Kier alpha value is -5.97. The van der Waals surface area contributed by atoms with Crippen molar-refractivity contribution in [2.24, 2.45) is 0 Å². The highest BCUT2D eigenvalue weighted by Crippen LogP contribution is 2.30. The number of benzene rings is 5. The van der Waals surface area contributed by atoms with E-state index in [9.17, 15) is 15.0 Å². The fraction of sp³-hybridized carbons (Fsp3) is 0.214. The lowest BCUT2D eigenvalue weighted by molar-refractivity contribution is 0.0369. The molecule has 5 aromatic rings. The van der Waals surface area contributed by atoms with Crippen LogP contribution in [0, 0.1) is 0 Å². The fourth-order valence-corrected chi connectivity index (χ4v) is 4.89. The van der Waals surface area contributed by atoms with Gasteiger partial charge in [-0.05, 0) is 64.2 Å². The van der Waals surface area contributed by atoms with Crippen molar-refractivity contribution in [2.75, 3.05) is 39.6 Å². The predicted octanol–water partition coefficient (Wildman–Crippen LogP) is 7.76. The third-order valence-electron chi connectivity index (χ3n) is 7.51. The Morgan fingerprint density at radius 2 is 1.13 bits per heavy atom. The van der Waals surface area contributed by atoms with E-state index in [-0.39, 0.29) is 18.1 Å². The molecule has 0 aliphatic heterocycles. The van der Waals surface area contributed by atoms with Crippen LogP contribution in [0.1, 0.15) is 27.8 Å². The minimum Gasteiger partial charge on any atom is -0.508 e. The molecule has 0 fully saturated rings. The SMILES string of the molecule is O=C(NCCOCCOCCOc1ccc(/C=C/c2cc(O)cc(O)c2)cc1)OCc1ccc(OCc2ccccc2)c(OCc2ccccc2)c1. The molecule has 0 unspecified atom stereocenters. The normalized spacial score (nSPS) is 10.9. The fourth-order valence-electron chi connectivity index (χ4n) is 4.89. The molecule has 3 N–H and O–H groups in total. The van der Waals surface area contributed by atoms with Gasteiger partial charge in [0.15, 0.2) is 11.5 Å². The molecule has 1 amide bonds. The molecule has 0 spiro atoms. The number of amides is 1. The first kappa shape index (κ1) is 37.3. The molecule has 0 saturated heterocycles. The summed E-state index contributed by atoms with van der Waals surface area (Å²) in [6.45, 7) is 2.99. The summed E-state index contributed by atoms with van der Waals surface area (Å²) in [4.78, 5) is 12.3. The molecule has 0 bridgehead atoms. The van der Waals surface area contributed by atoms with Gasteiger partial charge in [-0.25, -0.2) is 4.79 Å². The van der Waals surface area contributed by atoms with Crippen molar-refractivity contribution in [1.82, 2.24) is 5.32 Å². The quantitative estimate of drug-likeness (QED) is 0.0550. The van der Waals surface area contributed by atoms with Gasteiger partial charge in [-0.15, -0.1) is 0 Å². The Bertz CT molecular complexity index is 1810. The molecule has 0 radical (unpaired) electrons. The maximum absolute atomic E-state index is 12.3. The van der Waals surface area contributed by atoms with Crippen LogP contribution in [0.25, 0.3) is 12.2 Å². The first-order valence-electron chi connectivity index (χ1n) is 17.0. The summed E-state index contributed by atoms with van der Waals surface area (Å²) in [5, 5.41) is 21.9. The lowest BCUT2D eigenvalue weighted by Crippen LogP contribution is -2.28. The molecule has 0 heterocycles. The van der Waals surface area contributed by atoms with Crippen LogP contribution in [0.4, 0.5) is 4.79 Å². The monoisotopic (exact) mass is 705 g/mol. The van der Waals surface area contributed by atoms with Gasteiger partial charge in [-0.3, -0.25) is 0 Å². The van der Waals surface area contributed by atoms with Gasteiger partial charge in [-0.2, -0.15) is 0 Å². The number of hydrogen-bond acceptors (Lipinski definition) is 9. The van der Waals surface area contributed by atoms with Gasteiger partial charge < -0.3 is 44.0 Å². The van der Waals surface area contributed by atoms with Crippen LogP contribution in [-0.4, -0.2) is 55.9 Å². The summed E-state index contributed by atoms with van der Waals surface area (Å²) in [6, 6.07) is 37.2. The molecule has 10 nitrogen and oxygen atoms in total. The van der Waals surface area contributed by atoms with E-state index >= 15 is 0 Å². The van der Waals surface area contributed by atoms with E-state index in [2.05, 4.69) is 5.32 Å². The second-order valence-electron chi connectivity index (χ2n) is 11.6. The van der Waals surface area contributed by atoms with Gasteiger partial charge in [0, 0.05) is 12.6 Å². The Morgan fingerprint density at radius 1 is 0.538 bits per heavy atom. The average Bonchev–Trinajstić information content (AvgIpc) is 3.16. The summed E-state index contributed by atoms with van der Waals surface area (Å²) in [5.74, 6) is 1.90. The van der Waals surface area contributed by atoms with E-state index in [1.54, 1.807) is 18.2 Å². The summed E-state index contributed by atoms with van der Waals surface area (Å²) in [7, 11) is 0. The smallest absolute Gasteiger partial charge is 0.407 e. The minimum atomic E-state index is -0.547. The number of ether oxygens (including phenoxy) is 6. The third kappa shape index (κ3) is 13.4. The van der Waals surface area contributed by atoms with Crippen molar-refractivity contribution in [1.29, 1.82) is 0 Å². The summed E-state index contributed by atoms with van der Waals surface area (Å²) in [5.41, 5.74) is 4.47. The van der Waals surface area contributed by atoms with Crippen LogP contribution >= 0.6 is 0 Å². The maximum atomic E-state index is 12.3. The number of alkyl carbamates (subject to hydrolysis) is 1. The van der Waals surface area contributed by atoms with Crippen LogP contribution in [0.15, 0.2) is 121 Å². The number of nitrogens with one attached hydrogen (secondary N) is 1. The van der Waals surface area contributed by atoms with Crippen LogP contribution < -0.4 is 19.5 Å². The van der Waals surface area contributed by atoms with Crippen molar-refractivity contribution in [2.45, 2.75) is 19.8 Å². The average molecular weight is 706 g/mol. The first-order chi connectivity index (χ1) is 25.5.